The minimum absolute atomic E-state index is 0.0196. The number of imidazole rings is 1. The fraction of sp³-hybridized carbons (Fsp3) is 0.238. The lowest BCUT2D eigenvalue weighted by Crippen LogP contribution is -2.35. The maximum Gasteiger partial charge on any atom is 0.257 e. The van der Waals surface area contributed by atoms with Crippen LogP contribution in [0.4, 0.5) is 4.39 Å². The molecule has 0 spiro atoms. The minimum Gasteiger partial charge on any atom is -0.383 e. The first kappa shape index (κ1) is 21.3. The zero-order chi connectivity index (χ0) is 20.8. The first-order valence-electron chi connectivity index (χ1n) is 8.96. The number of ether oxygens (including phenoxy) is 1. The number of carbonyl (C=O) groups excluding carboxylic acids is 1. The Labute approximate surface area is 178 Å². The van der Waals surface area contributed by atoms with Gasteiger partial charge in [-0.3, -0.25) is 4.79 Å². The number of carbonyl (C=O) groups is 1. The number of methoxy groups -OCH3 is 1. The third-order valence-corrected chi connectivity index (χ3v) is 5.17. The van der Waals surface area contributed by atoms with Crippen LogP contribution in [0.1, 0.15) is 21.7 Å². The number of nitrogens with zero attached hydrogens (tertiary/aromatic N) is 3. The van der Waals surface area contributed by atoms with Crippen LogP contribution in [0, 0.1) is 5.82 Å². The highest BCUT2D eigenvalue weighted by atomic mass is 35.5. The second-order valence-corrected chi connectivity index (χ2v) is 7.23. The van der Waals surface area contributed by atoms with Gasteiger partial charge in [0.2, 0.25) is 0 Å². The van der Waals surface area contributed by atoms with Crippen LogP contribution in [-0.2, 0) is 17.8 Å². The monoisotopic (exact) mass is 435 g/mol. The lowest BCUT2D eigenvalue weighted by molar-refractivity contribution is 0.0668. The summed E-state index contributed by atoms with van der Waals surface area (Å²) in [5, 5.41) is 0.963. The van der Waals surface area contributed by atoms with Gasteiger partial charge in [0.25, 0.3) is 5.91 Å². The van der Waals surface area contributed by atoms with E-state index in [2.05, 4.69) is 4.98 Å². The van der Waals surface area contributed by atoms with Crippen LogP contribution in [0.15, 0.2) is 54.9 Å². The van der Waals surface area contributed by atoms with E-state index in [1.165, 1.54) is 17.0 Å². The van der Waals surface area contributed by atoms with Gasteiger partial charge in [-0.05, 0) is 29.8 Å². The number of rotatable bonds is 8. The zero-order valence-corrected chi connectivity index (χ0v) is 17.3. The van der Waals surface area contributed by atoms with Crippen molar-refractivity contribution in [2.75, 3.05) is 20.3 Å². The maximum absolute atomic E-state index is 14.1. The Morgan fingerprint density at radius 3 is 2.72 bits per heavy atom. The molecular weight excluding hydrogens is 416 g/mol. The van der Waals surface area contributed by atoms with Crippen molar-refractivity contribution in [2.24, 2.45) is 0 Å². The van der Waals surface area contributed by atoms with E-state index in [1.807, 2.05) is 16.8 Å². The maximum atomic E-state index is 14.1. The Kier molecular flexibility index (Phi) is 7.25. The van der Waals surface area contributed by atoms with Gasteiger partial charge in [-0.15, -0.1) is 0 Å². The van der Waals surface area contributed by atoms with Crippen LogP contribution >= 0.6 is 23.2 Å². The summed E-state index contributed by atoms with van der Waals surface area (Å²) in [5.41, 5.74) is 0.966. The Bertz CT molecular complexity index is 994. The highest BCUT2D eigenvalue weighted by Crippen LogP contribution is 2.23. The van der Waals surface area contributed by atoms with Gasteiger partial charge in [0.15, 0.2) is 0 Å². The first-order valence-corrected chi connectivity index (χ1v) is 9.72. The average Bonchev–Trinajstić information content (AvgIpc) is 3.14. The summed E-state index contributed by atoms with van der Waals surface area (Å²) < 4.78 is 21.1. The summed E-state index contributed by atoms with van der Waals surface area (Å²) in [6, 6.07) is 11.3. The SMILES string of the molecule is COCCN(Cc1nccn1Cc1ccc(Cl)c(Cl)c1)C(=O)c1ccccc1F. The molecule has 2 aromatic carbocycles. The van der Waals surface area contributed by atoms with Crippen LogP contribution in [0.3, 0.4) is 0 Å². The van der Waals surface area contributed by atoms with Crippen LogP contribution in [0.2, 0.25) is 10.0 Å². The summed E-state index contributed by atoms with van der Waals surface area (Å²) >= 11 is 12.1. The molecule has 152 valence electrons. The highest BCUT2D eigenvalue weighted by molar-refractivity contribution is 6.42. The van der Waals surface area contributed by atoms with Crippen molar-refractivity contribution in [1.29, 1.82) is 0 Å². The zero-order valence-electron chi connectivity index (χ0n) is 15.8. The molecule has 0 aliphatic rings. The molecule has 3 aromatic rings. The van der Waals surface area contributed by atoms with Crippen molar-refractivity contribution in [3.8, 4) is 0 Å². The molecule has 1 aromatic heterocycles. The summed E-state index contributed by atoms with van der Waals surface area (Å²) in [7, 11) is 1.55. The molecule has 0 saturated heterocycles. The molecule has 0 aliphatic heterocycles. The van der Waals surface area contributed by atoms with E-state index >= 15 is 0 Å². The molecule has 3 rings (SSSR count). The molecule has 0 N–H and O–H groups in total. The van der Waals surface area contributed by atoms with Crippen molar-refractivity contribution in [2.45, 2.75) is 13.1 Å². The summed E-state index contributed by atoms with van der Waals surface area (Å²) in [6.07, 6.45) is 3.48. The molecule has 0 fully saturated rings. The molecular formula is C21H20Cl2FN3O2. The van der Waals surface area contributed by atoms with Gasteiger partial charge in [0.1, 0.15) is 11.6 Å². The van der Waals surface area contributed by atoms with E-state index in [1.54, 1.807) is 37.6 Å². The van der Waals surface area contributed by atoms with E-state index < -0.39 is 11.7 Å². The number of benzene rings is 2. The fourth-order valence-electron chi connectivity index (χ4n) is 2.90. The predicted octanol–water partition coefficient (Wildman–Crippen LogP) is 4.67. The summed E-state index contributed by atoms with van der Waals surface area (Å²) in [5.74, 6) is -0.305. The molecule has 8 heteroatoms. The normalized spacial score (nSPS) is 10.9. The van der Waals surface area contributed by atoms with Gasteiger partial charge >= 0.3 is 0 Å². The summed E-state index contributed by atoms with van der Waals surface area (Å²) in [6.45, 7) is 1.36. The molecule has 5 nitrogen and oxygen atoms in total. The lowest BCUT2D eigenvalue weighted by Gasteiger charge is -2.23. The Morgan fingerprint density at radius 1 is 1.21 bits per heavy atom. The summed E-state index contributed by atoms with van der Waals surface area (Å²) in [4.78, 5) is 18.8. The largest absolute Gasteiger partial charge is 0.383 e. The van der Waals surface area contributed by atoms with Crippen molar-refractivity contribution < 1.29 is 13.9 Å². The average molecular weight is 436 g/mol. The second kappa shape index (κ2) is 9.87. The topological polar surface area (TPSA) is 47.4 Å². The smallest absolute Gasteiger partial charge is 0.257 e. The van der Waals surface area contributed by atoms with Gasteiger partial charge in [-0.25, -0.2) is 9.37 Å². The quantitative estimate of drug-likeness (QED) is 0.516. The molecule has 0 unspecified atom stereocenters. The van der Waals surface area contributed by atoms with Crippen LogP contribution in [-0.4, -0.2) is 40.6 Å². The molecule has 29 heavy (non-hydrogen) atoms. The van der Waals surface area contributed by atoms with E-state index in [4.69, 9.17) is 27.9 Å². The minimum atomic E-state index is -0.556. The third-order valence-electron chi connectivity index (χ3n) is 4.43. The van der Waals surface area contributed by atoms with Crippen molar-refractivity contribution in [3.05, 3.63) is 87.7 Å². The standard InChI is InChI=1S/C21H20Cl2FN3O2/c1-29-11-10-27(21(28)16-4-2-3-5-19(16)24)14-20-25-8-9-26(20)13-15-6-7-17(22)18(23)12-15/h2-9,12H,10-11,13-14H2,1H3. The van der Waals surface area contributed by atoms with Crippen molar-refractivity contribution in [3.63, 3.8) is 0 Å². The second-order valence-electron chi connectivity index (χ2n) is 6.42. The van der Waals surface area contributed by atoms with Crippen LogP contribution < -0.4 is 0 Å². The number of hydrogen-bond acceptors (Lipinski definition) is 3. The van der Waals surface area contributed by atoms with E-state index in [9.17, 15) is 9.18 Å². The Hall–Kier alpha value is -2.41. The number of amides is 1. The van der Waals surface area contributed by atoms with Gasteiger partial charge < -0.3 is 14.2 Å². The first-order chi connectivity index (χ1) is 14.0. The predicted molar refractivity (Wildman–Crippen MR) is 111 cm³/mol. The van der Waals surface area contributed by atoms with Gasteiger partial charge in [0.05, 0.1) is 28.8 Å². The fourth-order valence-corrected chi connectivity index (χ4v) is 3.22. The number of aromatic nitrogens is 2. The molecule has 0 atom stereocenters. The molecule has 0 bridgehead atoms. The molecule has 0 radical (unpaired) electrons. The van der Waals surface area contributed by atoms with Gasteiger partial charge in [0, 0.05) is 32.6 Å². The number of hydrogen-bond donors (Lipinski definition) is 0. The van der Waals surface area contributed by atoms with Gasteiger partial charge in [-0.1, -0.05) is 41.4 Å². The molecule has 1 amide bonds. The Balaban J connectivity index is 1.81. The van der Waals surface area contributed by atoms with Crippen LogP contribution in [0.25, 0.3) is 0 Å². The highest BCUT2D eigenvalue weighted by Gasteiger charge is 2.21. The third kappa shape index (κ3) is 5.35. The van der Waals surface area contributed by atoms with E-state index in [0.29, 0.717) is 35.6 Å². The molecule has 1 heterocycles. The van der Waals surface area contributed by atoms with Crippen molar-refractivity contribution in [1.82, 2.24) is 14.5 Å². The molecule has 0 aliphatic carbocycles. The van der Waals surface area contributed by atoms with Crippen LogP contribution in [0.5, 0.6) is 0 Å². The van der Waals surface area contributed by atoms with Gasteiger partial charge in [-0.2, -0.15) is 0 Å². The van der Waals surface area contributed by atoms with Crippen molar-refractivity contribution >= 4 is 29.1 Å². The number of halogens is 3. The lowest BCUT2D eigenvalue weighted by atomic mass is 10.2. The van der Waals surface area contributed by atoms with E-state index in [-0.39, 0.29) is 12.1 Å². The van der Waals surface area contributed by atoms with E-state index in [0.717, 1.165) is 5.56 Å². The molecule has 0 saturated carbocycles. The Morgan fingerprint density at radius 2 is 2.00 bits per heavy atom.